The van der Waals surface area contributed by atoms with Gasteiger partial charge in [-0.3, -0.25) is 13.9 Å². The molecule has 2 aromatic heterocycles. The summed E-state index contributed by atoms with van der Waals surface area (Å²) in [5.41, 5.74) is -0.0852. The average molecular weight is 495 g/mol. The van der Waals surface area contributed by atoms with Gasteiger partial charge in [0, 0.05) is 14.1 Å². The molecule has 0 amide bonds. The second-order valence-electron chi connectivity index (χ2n) is 6.79. The van der Waals surface area contributed by atoms with Gasteiger partial charge >= 0.3 is 11.7 Å². The Hall–Kier alpha value is -3.08. The van der Waals surface area contributed by atoms with Gasteiger partial charge in [0.2, 0.25) is 0 Å². The van der Waals surface area contributed by atoms with Crippen LogP contribution in [0.25, 0.3) is 11.2 Å². The molecule has 3 rings (SSSR count). The first-order valence-corrected chi connectivity index (χ1v) is 10.4. The van der Waals surface area contributed by atoms with Crippen LogP contribution in [0.15, 0.2) is 32.5 Å². The van der Waals surface area contributed by atoms with E-state index in [4.69, 9.17) is 14.2 Å². The van der Waals surface area contributed by atoms with Gasteiger partial charge in [-0.15, -0.1) is 0 Å². The highest BCUT2D eigenvalue weighted by molar-refractivity contribution is 9.10. The summed E-state index contributed by atoms with van der Waals surface area (Å²) in [6, 6.07) is 3.16. The Kier molecular flexibility index (Phi) is 6.84. The van der Waals surface area contributed by atoms with Crippen molar-refractivity contribution in [3.63, 3.8) is 0 Å². The van der Waals surface area contributed by atoms with E-state index in [9.17, 15) is 14.4 Å². The zero-order valence-electron chi connectivity index (χ0n) is 17.7. The fraction of sp³-hybridized carbons (Fsp3) is 0.400. The van der Waals surface area contributed by atoms with E-state index < -0.39 is 17.2 Å². The maximum absolute atomic E-state index is 12.5. The van der Waals surface area contributed by atoms with Crippen molar-refractivity contribution in [2.75, 3.05) is 20.3 Å². The van der Waals surface area contributed by atoms with Crippen molar-refractivity contribution in [3.8, 4) is 11.5 Å². The monoisotopic (exact) mass is 494 g/mol. The van der Waals surface area contributed by atoms with Gasteiger partial charge in [-0.2, -0.15) is 0 Å². The highest BCUT2D eigenvalue weighted by Gasteiger charge is 2.18. The Morgan fingerprint density at radius 1 is 1.16 bits per heavy atom. The lowest BCUT2D eigenvalue weighted by Crippen LogP contribution is -2.37. The molecule has 11 heteroatoms. The fourth-order valence-corrected chi connectivity index (χ4v) is 3.62. The molecule has 0 unspecified atom stereocenters. The van der Waals surface area contributed by atoms with Crippen molar-refractivity contribution in [1.29, 1.82) is 0 Å². The smallest absolute Gasteiger partial charge is 0.338 e. The molecule has 0 spiro atoms. The molecule has 0 N–H and O–H groups in total. The van der Waals surface area contributed by atoms with E-state index in [1.807, 2.05) is 6.92 Å². The number of benzene rings is 1. The number of ether oxygens (including phenoxy) is 3. The summed E-state index contributed by atoms with van der Waals surface area (Å²) in [6.45, 7) is 2.71. The van der Waals surface area contributed by atoms with Gasteiger partial charge in [-0.1, -0.05) is 6.92 Å². The number of nitrogens with zero attached hydrogens (tertiary/aromatic N) is 4. The first kappa shape index (κ1) is 22.6. The minimum atomic E-state index is -0.550. The maximum atomic E-state index is 12.5. The number of halogens is 1. The van der Waals surface area contributed by atoms with E-state index in [1.54, 1.807) is 23.7 Å². The molecular formula is C20H23BrN4O6. The van der Waals surface area contributed by atoms with Crippen LogP contribution in [-0.2, 0) is 25.4 Å². The molecule has 3 aromatic rings. The predicted octanol–water partition coefficient (Wildman–Crippen LogP) is 1.85. The Labute approximate surface area is 186 Å². The van der Waals surface area contributed by atoms with Crippen LogP contribution in [0.3, 0.4) is 0 Å². The average Bonchev–Trinajstić information content (AvgIpc) is 3.18. The normalized spacial score (nSPS) is 11.0. The highest BCUT2D eigenvalue weighted by Crippen LogP contribution is 2.37. The van der Waals surface area contributed by atoms with Crippen molar-refractivity contribution in [3.05, 3.63) is 49.3 Å². The second kappa shape index (κ2) is 9.38. The number of methoxy groups -OCH3 is 1. The van der Waals surface area contributed by atoms with Gasteiger partial charge in [-0.05, 0) is 34.5 Å². The summed E-state index contributed by atoms with van der Waals surface area (Å²) in [4.78, 5) is 41.2. The molecule has 0 aliphatic carbocycles. The lowest BCUT2D eigenvalue weighted by atomic mass is 10.2. The Morgan fingerprint density at radius 3 is 2.58 bits per heavy atom. The summed E-state index contributed by atoms with van der Waals surface area (Å²) < 4.78 is 20.8. The molecule has 31 heavy (non-hydrogen) atoms. The summed E-state index contributed by atoms with van der Waals surface area (Å²) in [5.74, 6) is 0.387. The van der Waals surface area contributed by atoms with Crippen LogP contribution in [0.1, 0.15) is 23.7 Å². The van der Waals surface area contributed by atoms with Gasteiger partial charge in [0.15, 0.2) is 22.7 Å². The topological polar surface area (TPSA) is 107 Å². The van der Waals surface area contributed by atoms with Crippen molar-refractivity contribution in [2.45, 2.75) is 19.9 Å². The van der Waals surface area contributed by atoms with Crippen molar-refractivity contribution >= 4 is 33.1 Å². The van der Waals surface area contributed by atoms with Gasteiger partial charge in [-0.25, -0.2) is 14.6 Å². The molecule has 2 heterocycles. The van der Waals surface area contributed by atoms with Crippen LogP contribution < -0.4 is 20.7 Å². The van der Waals surface area contributed by atoms with Crippen molar-refractivity contribution in [1.82, 2.24) is 18.7 Å². The Morgan fingerprint density at radius 2 is 1.90 bits per heavy atom. The minimum absolute atomic E-state index is 0.00427. The second-order valence-corrected chi connectivity index (χ2v) is 7.64. The molecule has 0 atom stereocenters. The zero-order valence-corrected chi connectivity index (χ0v) is 19.3. The molecule has 0 fully saturated rings. The Balaban J connectivity index is 1.76. The molecular weight excluding hydrogens is 472 g/mol. The van der Waals surface area contributed by atoms with Crippen LogP contribution >= 0.6 is 15.9 Å². The van der Waals surface area contributed by atoms with Crippen LogP contribution in [0.4, 0.5) is 0 Å². The maximum Gasteiger partial charge on any atom is 0.338 e. The van der Waals surface area contributed by atoms with Gasteiger partial charge in [0.1, 0.15) is 6.61 Å². The van der Waals surface area contributed by atoms with E-state index in [0.717, 1.165) is 11.0 Å². The number of hydrogen-bond acceptors (Lipinski definition) is 7. The quantitative estimate of drug-likeness (QED) is 0.439. The van der Waals surface area contributed by atoms with Gasteiger partial charge < -0.3 is 18.8 Å². The number of fused-ring (bicyclic) bond motifs is 1. The van der Waals surface area contributed by atoms with Crippen LogP contribution in [-0.4, -0.2) is 45.0 Å². The third-order valence-corrected chi connectivity index (χ3v) is 5.29. The molecule has 0 saturated heterocycles. The largest absolute Gasteiger partial charge is 0.493 e. The molecule has 10 nitrogen and oxygen atoms in total. The lowest BCUT2D eigenvalue weighted by molar-refractivity contribution is 0.0491. The van der Waals surface area contributed by atoms with Crippen molar-refractivity contribution in [2.24, 2.45) is 14.1 Å². The molecule has 0 saturated carbocycles. The zero-order chi connectivity index (χ0) is 22.7. The Bertz CT molecular complexity index is 1240. The lowest BCUT2D eigenvalue weighted by Gasteiger charge is -2.14. The van der Waals surface area contributed by atoms with E-state index in [2.05, 4.69) is 20.9 Å². The number of carbonyl (C=O) groups excluding carboxylic acids is 1. The van der Waals surface area contributed by atoms with Crippen LogP contribution in [0, 0.1) is 0 Å². The third kappa shape index (κ3) is 4.36. The first-order valence-electron chi connectivity index (χ1n) is 9.58. The van der Waals surface area contributed by atoms with Crippen LogP contribution in [0.5, 0.6) is 11.5 Å². The van der Waals surface area contributed by atoms with E-state index in [1.165, 1.54) is 25.1 Å². The fourth-order valence-electron chi connectivity index (χ4n) is 3.07. The predicted molar refractivity (Wildman–Crippen MR) is 117 cm³/mol. The van der Waals surface area contributed by atoms with Gasteiger partial charge in [0.25, 0.3) is 5.56 Å². The molecule has 0 aliphatic rings. The van der Waals surface area contributed by atoms with Crippen molar-refractivity contribution < 1.29 is 19.0 Å². The number of rotatable bonds is 8. The molecule has 166 valence electrons. The summed E-state index contributed by atoms with van der Waals surface area (Å²) in [5, 5.41) is 0. The van der Waals surface area contributed by atoms with E-state index in [-0.39, 0.29) is 24.3 Å². The third-order valence-electron chi connectivity index (χ3n) is 4.70. The number of carbonyl (C=O) groups is 1. The SMILES string of the molecule is CCCOc1c(Br)cc(C(=O)OCCn2cnc3c2c(=O)n(C)c(=O)n3C)cc1OC. The molecule has 0 radical (unpaired) electrons. The number of aryl methyl sites for hydroxylation is 1. The summed E-state index contributed by atoms with van der Waals surface area (Å²) in [6.07, 6.45) is 2.28. The molecule has 1 aromatic carbocycles. The summed E-state index contributed by atoms with van der Waals surface area (Å²) >= 11 is 3.40. The standard InChI is InChI=1S/C20H23BrN4O6/c1-5-7-30-16-13(21)9-12(10-14(16)29-4)19(27)31-8-6-25-11-22-17-15(25)18(26)24(3)20(28)23(17)2/h9-11H,5-8H2,1-4H3. The molecule has 0 bridgehead atoms. The number of aromatic nitrogens is 4. The number of hydrogen-bond donors (Lipinski definition) is 0. The highest BCUT2D eigenvalue weighted by atomic mass is 79.9. The first-order chi connectivity index (χ1) is 14.8. The number of esters is 1. The van der Waals surface area contributed by atoms with E-state index in [0.29, 0.717) is 28.1 Å². The van der Waals surface area contributed by atoms with Gasteiger partial charge in [0.05, 0.1) is 36.6 Å². The minimum Gasteiger partial charge on any atom is -0.493 e. The summed E-state index contributed by atoms with van der Waals surface area (Å²) in [7, 11) is 4.44. The van der Waals surface area contributed by atoms with Crippen LogP contribution in [0.2, 0.25) is 0 Å². The van der Waals surface area contributed by atoms with E-state index >= 15 is 0 Å². The number of imidazole rings is 1. The molecule has 0 aliphatic heterocycles.